The number of unbranched alkanes of at least 4 members (excludes halogenated alkanes) is 3. The molecule has 1 amide bonds. The molecule has 1 aromatic rings. The number of nitrogens with two attached hydrogens (primary N) is 1. The predicted molar refractivity (Wildman–Crippen MR) is 54.9 cm³/mol. The number of aryl methyl sites for hydroxylation is 1. The van der Waals surface area contributed by atoms with Crippen LogP contribution >= 0.6 is 0 Å². The van der Waals surface area contributed by atoms with Crippen molar-refractivity contribution in [1.82, 2.24) is 9.55 Å². The Hall–Kier alpha value is -1.32. The number of carbonyl (C=O) groups excluding carboxylic acids is 1. The quantitative estimate of drug-likeness (QED) is 0.700. The Bertz CT molecular complexity index is 293. The molecule has 0 aliphatic rings. The molecule has 0 saturated carbocycles. The molecule has 0 aromatic carbocycles. The van der Waals surface area contributed by atoms with E-state index in [1.54, 1.807) is 12.5 Å². The van der Waals surface area contributed by atoms with Crippen molar-refractivity contribution >= 4 is 5.91 Å². The fourth-order valence-corrected chi connectivity index (χ4v) is 1.33. The van der Waals surface area contributed by atoms with Gasteiger partial charge in [-0.3, -0.25) is 4.79 Å². The summed E-state index contributed by atoms with van der Waals surface area (Å²) in [5, 5.41) is 0. The van der Waals surface area contributed by atoms with Crippen LogP contribution in [0.4, 0.5) is 0 Å². The maximum atomic E-state index is 10.7. The van der Waals surface area contributed by atoms with Crippen LogP contribution in [0.1, 0.15) is 43.1 Å². The lowest BCUT2D eigenvalue weighted by Crippen LogP contribution is -2.11. The third kappa shape index (κ3) is 3.20. The molecule has 0 spiro atoms. The summed E-state index contributed by atoms with van der Waals surface area (Å²) in [6, 6.07) is 0. The first-order valence-corrected chi connectivity index (χ1v) is 5.05. The van der Waals surface area contributed by atoms with Crippen LogP contribution in [-0.2, 0) is 6.54 Å². The number of nitrogens with zero attached hydrogens (tertiary/aromatic N) is 2. The van der Waals surface area contributed by atoms with Gasteiger partial charge in [-0.05, 0) is 6.42 Å². The molecule has 4 heteroatoms. The maximum Gasteiger partial charge on any atom is 0.268 e. The largest absolute Gasteiger partial charge is 0.364 e. The average molecular weight is 195 g/mol. The zero-order valence-corrected chi connectivity index (χ0v) is 8.57. The van der Waals surface area contributed by atoms with Crippen molar-refractivity contribution < 1.29 is 4.79 Å². The van der Waals surface area contributed by atoms with Crippen LogP contribution in [0.5, 0.6) is 0 Å². The standard InChI is InChI=1S/C10H17N3O/c1-2-3-4-5-6-13-7-9(10(11)14)12-8-13/h7-8H,2-6H2,1H3,(H2,11,14). The molecule has 0 aliphatic carbocycles. The highest BCUT2D eigenvalue weighted by atomic mass is 16.1. The number of hydrogen-bond donors (Lipinski definition) is 1. The van der Waals surface area contributed by atoms with E-state index in [9.17, 15) is 4.79 Å². The second-order valence-corrected chi connectivity index (χ2v) is 3.42. The Morgan fingerprint density at radius 1 is 1.50 bits per heavy atom. The number of amides is 1. The fraction of sp³-hybridized carbons (Fsp3) is 0.600. The number of rotatable bonds is 6. The van der Waals surface area contributed by atoms with Crippen molar-refractivity contribution in [3.63, 3.8) is 0 Å². The average Bonchev–Trinajstić information content (AvgIpc) is 2.61. The molecule has 0 unspecified atom stereocenters. The Labute approximate surface area is 84.1 Å². The molecular weight excluding hydrogens is 178 g/mol. The molecule has 0 fully saturated rings. The molecule has 1 rings (SSSR count). The van der Waals surface area contributed by atoms with Crippen LogP contribution in [-0.4, -0.2) is 15.5 Å². The van der Waals surface area contributed by atoms with Crippen molar-refractivity contribution in [2.75, 3.05) is 0 Å². The normalized spacial score (nSPS) is 10.4. The molecular formula is C10H17N3O. The van der Waals surface area contributed by atoms with Crippen molar-refractivity contribution in [2.45, 2.75) is 39.2 Å². The number of aromatic nitrogens is 2. The molecule has 78 valence electrons. The van der Waals surface area contributed by atoms with Crippen molar-refractivity contribution in [3.05, 3.63) is 18.2 Å². The fourth-order valence-electron chi connectivity index (χ4n) is 1.33. The van der Waals surface area contributed by atoms with Crippen molar-refractivity contribution in [1.29, 1.82) is 0 Å². The molecule has 4 nitrogen and oxygen atoms in total. The third-order valence-electron chi connectivity index (χ3n) is 2.16. The second-order valence-electron chi connectivity index (χ2n) is 3.42. The van der Waals surface area contributed by atoms with Gasteiger partial charge in [-0.25, -0.2) is 4.98 Å². The van der Waals surface area contributed by atoms with Crippen LogP contribution in [0.3, 0.4) is 0 Å². The zero-order chi connectivity index (χ0) is 10.4. The Morgan fingerprint density at radius 3 is 2.86 bits per heavy atom. The minimum atomic E-state index is -0.461. The Kier molecular flexibility index (Phi) is 4.16. The van der Waals surface area contributed by atoms with E-state index >= 15 is 0 Å². The number of carbonyl (C=O) groups is 1. The topological polar surface area (TPSA) is 60.9 Å². The number of hydrogen-bond acceptors (Lipinski definition) is 2. The number of primary amides is 1. The van der Waals surface area contributed by atoms with Crippen molar-refractivity contribution in [2.24, 2.45) is 5.73 Å². The van der Waals surface area contributed by atoms with Gasteiger partial charge < -0.3 is 10.3 Å². The van der Waals surface area contributed by atoms with Gasteiger partial charge >= 0.3 is 0 Å². The van der Waals surface area contributed by atoms with Gasteiger partial charge in [0.05, 0.1) is 6.33 Å². The van der Waals surface area contributed by atoms with E-state index in [1.165, 1.54) is 19.3 Å². The summed E-state index contributed by atoms with van der Waals surface area (Å²) in [6.07, 6.45) is 8.21. The molecule has 0 bridgehead atoms. The minimum absolute atomic E-state index is 0.348. The second kappa shape index (κ2) is 5.42. The summed E-state index contributed by atoms with van der Waals surface area (Å²) in [5.74, 6) is -0.461. The van der Waals surface area contributed by atoms with Gasteiger partial charge in [0.15, 0.2) is 0 Å². The summed E-state index contributed by atoms with van der Waals surface area (Å²) in [5.41, 5.74) is 5.44. The van der Waals surface area contributed by atoms with Crippen LogP contribution < -0.4 is 5.73 Å². The van der Waals surface area contributed by atoms with E-state index in [0.717, 1.165) is 13.0 Å². The molecule has 1 aromatic heterocycles. The minimum Gasteiger partial charge on any atom is -0.364 e. The third-order valence-corrected chi connectivity index (χ3v) is 2.16. The first-order valence-electron chi connectivity index (χ1n) is 5.05. The number of imidazole rings is 1. The highest BCUT2D eigenvalue weighted by molar-refractivity contribution is 5.90. The summed E-state index contributed by atoms with van der Waals surface area (Å²) in [4.78, 5) is 14.6. The van der Waals surface area contributed by atoms with Crippen LogP contribution in [0.25, 0.3) is 0 Å². The maximum absolute atomic E-state index is 10.7. The van der Waals surface area contributed by atoms with Crippen LogP contribution in [0.15, 0.2) is 12.5 Å². The monoisotopic (exact) mass is 195 g/mol. The van der Waals surface area contributed by atoms with Gasteiger partial charge in [0.25, 0.3) is 5.91 Å². The van der Waals surface area contributed by atoms with E-state index < -0.39 is 5.91 Å². The van der Waals surface area contributed by atoms with E-state index in [2.05, 4.69) is 11.9 Å². The van der Waals surface area contributed by atoms with E-state index in [1.807, 2.05) is 4.57 Å². The van der Waals surface area contributed by atoms with Crippen LogP contribution in [0, 0.1) is 0 Å². The molecule has 0 aliphatic heterocycles. The van der Waals surface area contributed by atoms with E-state index in [-0.39, 0.29) is 0 Å². The predicted octanol–water partition coefficient (Wildman–Crippen LogP) is 1.56. The van der Waals surface area contributed by atoms with E-state index in [4.69, 9.17) is 5.73 Å². The van der Waals surface area contributed by atoms with Gasteiger partial charge in [-0.1, -0.05) is 26.2 Å². The van der Waals surface area contributed by atoms with Gasteiger partial charge in [0, 0.05) is 12.7 Å². The Morgan fingerprint density at radius 2 is 2.29 bits per heavy atom. The smallest absolute Gasteiger partial charge is 0.268 e. The molecule has 1 heterocycles. The SMILES string of the molecule is CCCCCCn1cnc(C(N)=O)c1. The van der Waals surface area contributed by atoms with Gasteiger partial charge in [0.2, 0.25) is 0 Å². The Balaban J connectivity index is 2.33. The molecule has 0 atom stereocenters. The first kappa shape index (κ1) is 10.8. The molecule has 0 radical (unpaired) electrons. The first-order chi connectivity index (χ1) is 6.74. The highest BCUT2D eigenvalue weighted by Crippen LogP contribution is 2.02. The lowest BCUT2D eigenvalue weighted by Gasteiger charge is -2.00. The summed E-state index contributed by atoms with van der Waals surface area (Å²) in [6.45, 7) is 3.10. The lowest BCUT2D eigenvalue weighted by atomic mass is 10.2. The van der Waals surface area contributed by atoms with Gasteiger partial charge in [-0.15, -0.1) is 0 Å². The van der Waals surface area contributed by atoms with Crippen LogP contribution in [0.2, 0.25) is 0 Å². The van der Waals surface area contributed by atoms with Gasteiger partial charge in [-0.2, -0.15) is 0 Å². The molecule has 2 N–H and O–H groups in total. The zero-order valence-electron chi connectivity index (χ0n) is 8.57. The molecule has 14 heavy (non-hydrogen) atoms. The summed E-state index contributed by atoms with van der Waals surface area (Å²) < 4.78 is 1.91. The summed E-state index contributed by atoms with van der Waals surface area (Å²) >= 11 is 0. The van der Waals surface area contributed by atoms with Gasteiger partial charge in [0.1, 0.15) is 5.69 Å². The van der Waals surface area contributed by atoms with Crippen molar-refractivity contribution in [3.8, 4) is 0 Å². The molecule has 0 saturated heterocycles. The summed E-state index contributed by atoms with van der Waals surface area (Å²) in [7, 11) is 0. The lowest BCUT2D eigenvalue weighted by molar-refractivity contribution is 0.0996. The van der Waals surface area contributed by atoms with E-state index in [0.29, 0.717) is 5.69 Å². The highest BCUT2D eigenvalue weighted by Gasteiger charge is 2.03.